The highest BCUT2D eigenvalue weighted by molar-refractivity contribution is 6.24. The number of aromatic nitrogens is 6. The summed E-state index contributed by atoms with van der Waals surface area (Å²) in [6.07, 6.45) is 0. The molecule has 0 radical (unpaired) electrons. The van der Waals surface area contributed by atoms with E-state index in [-0.39, 0.29) is 0 Å². The zero-order chi connectivity index (χ0) is 48.0. The number of oxazole rings is 1. The zero-order valence-corrected chi connectivity index (χ0v) is 39.2. The first-order valence-corrected chi connectivity index (χ1v) is 24.6. The van der Waals surface area contributed by atoms with Crippen molar-refractivity contribution in [3.8, 4) is 68.1 Å². The van der Waals surface area contributed by atoms with Crippen LogP contribution in [0.4, 0.5) is 0 Å². The molecule has 0 atom stereocenters. The van der Waals surface area contributed by atoms with Crippen molar-refractivity contribution in [3.05, 3.63) is 243 Å². The second-order valence-corrected chi connectivity index (χ2v) is 18.5. The third kappa shape index (κ3) is 6.39. The van der Waals surface area contributed by atoms with E-state index in [0.717, 1.165) is 66.2 Å². The molecule has 0 spiro atoms. The normalized spacial score (nSPS) is 11.8. The van der Waals surface area contributed by atoms with E-state index in [2.05, 4.69) is 203 Å². The molecule has 15 rings (SSSR count). The number of rotatable bonds is 7. The van der Waals surface area contributed by atoms with Crippen LogP contribution in [-0.2, 0) is 0 Å². The smallest absolute Gasteiger partial charge is 0.238 e. The summed E-state index contributed by atoms with van der Waals surface area (Å²) in [6, 6.07) is 85.2. The van der Waals surface area contributed by atoms with Crippen LogP contribution in [0.2, 0.25) is 0 Å². The maximum Gasteiger partial charge on any atom is 0.238 e. The molecule has 0 fully saturated rings. The molecule has 15 aromatic rings. The molecule has 0 N–H and O–H groups in total. The summed E-state index contributed by atoms with van der Waals surface area (Å²) in [6.45, 7) is 0. The summed E-state index contributed by atoms with van der Waals surface area (Å²) < 4.78 is 11.3. The first-order valence-electron chi connectivity index (χ1n) is 24.6. The number of hydrogen-bond acceptors (Lipinski definition) is 5. The van der Waals surface area contributed by atoms with Gasteiger partial charge in [0.05, 0.1) is 27.6 Å². The Morgan fingerprint density at radius 3 is 1.37 bits per heavy atom. The van der Waals surface area contributed by atoms with Crippen molar-refractivity contribution in [2.75, 3.05) is 0 Å². The first-order chi connectivity index (χ1) is 36.2. The lowest BCUT2D eigenvalue weighted by Gasteiger charge is -2.18. The van der Waals surface area contributed by atoms with E-state index in [4.69, 9.17) is 24.4 Å². The van der Waals surface area contributed by atoms with Crippen LogP contribution in [0.1, 0.15) is 0 Å². The summed E-state index contributed by atoms with van der Waals surface area (Å²) >= 11 is 0. The maximum atomic E-state index is 6.66. The molecule has 4 aromatic heterocycles. The van der Waals surface area contributed by atoms with Crippen LogP contribution in [0, 0.1) is 0 Å². The van der Waals surface area contributed by atoms with Crippen molar-refractivity contribution in [1.29, 1.82) is 0 Å². The molecular weight excluding hydrogens is 893 g/mol. The molecule has 4 heterocycles. The maximum absolute atomic E-state index is 6.66. The van der Waals surface area contributed by atoms with Crippen LogP contribution in [0.3, 0.4) is 0 Å². The number of benzene rings is 11. The van der Waals surface area contributed by atoms with Crippen molar-refractivity contribution in [2.24, 2.45) is 0 Å². The van der Waals surface area contributed by atoms with Gasteiger partial charge in [0, 0.05) is 38.4 Å². The Morgan fingerprint density at radius 1 is 0.301 bits per heavy atom. The Labute approximate surface area is 418 Å². The van der Waals surface area contributed by atoms with Crippen LogP contribution >= 0.6 is 0 Å². The molecule has 0 unspecified atom stereocenters. The summed E-state index contributed by atoms with van der Waals surface area (Å²) in [5, 5.41) is 9.30. The van der Waals surface area contributed by atoms with Gasteiger partial charge in [-0.25, -0.2) is 9.97 Å². The minimum absolute atomic E-state index is 0.473. The molecule has 0 amide bonds. The van der Waals surface area contributed by atoms with E-state index in [9.17, 15) is 0 Å². The molecule has 7 heteroatoms. The van der Waals surface area contributed by atoms with Gasteiger partial charge in [-0.1, -0.05) is 194 Å². The quantitative estimate of drug-likeness (QED) is 0.149. The van der Waals surface area contributed by atoms with Crippen molar-refractivity contribution in [3.63, 3.8) is 0 Å². The second kappa shape index (κ2) is 16.3. The molecule has 0 bridgehead atoms. The molecule has 73 heavy (non-hydrogen) atoms. The Kier molecular flexibility index (Phi) is 9.13. The summed E-state index contributed by atoms with van der Waals surface area (Å²) in [5.41, 5.74) is 13.7. The van der Waals surface area contributed by atoms with Crippen LogP contribution in [-0.4, -0.2) is 29.1 Å². The molecule has 340 valence electrons. The SMILES string of the molecule is c1ccc(-c2nc3cccc(-c4nc(-c5ccc(-c6c7ccccc7c(-c7ccccc7)c7ccccc67)cc5)nc(-n5c6ccccc6c6ccc7c8ccccc8n(-c8ccccc8)c7c65)n4)c3o2)cc1. The topological polar surface area (TPSA) is 74.6 Å². The lowest BCUT2D eigenvalue weighted by molar-refractivity contribution is 0.620. The minimum atomic E-state index is 0.473. The minimum Gasteiger partial charge on any atom is -0.435 e. The van der Waals surface area contributed by atoms with E-state index >= 15 is 0 Å². The van der Waals surface area contributed by atoms with Crippen molar-refractivity contribution in [2.45, 2.75) is 0 Å². The Morgan fingerprint density at radius 2 is 0.767 bits per heavy atom. The molecular formula is C66H40N6O. The third-order valence-corrected chi connectivity index (χ3v) is 14.4. The predicted molar refractivity (Wildman–Crippen MR) is 298 cm³/mol. The highest BCUT2D eigenvalue weighted by atomic mass is 16.3. The largest absolute Gasteiger partial charge is 0.435 e. The highest BCUT2D eigenvalue weighted by Crippen LogP contribution is 2.45. The lowest BCUT2D eigenvalue weighted by Crippen LogP contribution is -2.07. The average molecular weight is 933 g/mol. The zero-order valence-electron chi connectivity index (χ0n) is 39.2. The molecule has 11 aromatic carbocycles. The van der Waals surface area contributed by atoms with Crippen molar-refractivity contribution < 1.29 is 4.42 Å². The Bertz CT molecular complexity index is 4600. The fraction of sp³-hybridized carbons (Fsp3) is 0. The van der Waals surface area contributed by atoms with Gasteiger partial charge in [0.2, 0.25) is 11.8 Å². The van der Waals surface area contributed by atoms with Gasteiger partial charge in [-0.05, 0) is 92.3 Å². The molecule has 7 nitrogen and oxygen atoms in total. The molecule has 0 aliphatic rings. The number of fused-ring (bicyclic) bond motifs is 10. The van der Waals surface area contributed by atoms with E-state index in [0.29, 0.717) is 34.6 Å². The first kappa shape index (κ1) is 40.9. The average Bonchev–Trinajstić information content (AvgIpc) is 4.19. The van der Waals surface area contributed by atoms with Gasteiger partial charge in [0.25, 0.3) is 0 Å². The van der Waals surface area contributed by atoms with Gasteiger partial charge in [-0.3, -0.25) is 4.57 Å². The summed E-state index contributed by atoms with van der Waals surface area (Å²) in [7, 11) is 0. The molecule has 0 saturated carbocycles. The molecule has 0 saturated heterocycles. The Balaban J connectivity index is 0.992. The number of para-hydroxylation sites is 4. The van der Waals surface area contributed by atoms with E-state index < -0.39 is 0 Å². The summed E-state index contributed by atoms with van der Waals surface area (Å²) in [4.78, 5) is 21.3. The van der Waals surface area contributed by atoms with Crippen molar-refractivity contribution in [1.82, 2.24) is 29.1 Å². The van der Waals surface area contributed by atoms with Crippen LogP contribution in [0.5, 0.6) is 0 Å². The van der Waals surface area contributed by atoms with E-state index in [1.807, 2.05) is 48.5 Å². The van der Waals surface area contributed by atoms with Crippen LogP contribution in [0.25, 0.3) is 144 Å². The van der Waals surface area contributed by atoms with E-state index in [1.54, 1.807) is 0 Å². The third-order valence-electron chi connectivity index (χ3n) is 14.4. The number of nitrogens with zero attached hydrogens (tertiary/aromatic N) is 6. The van der Waals surface area contributed by atoms with Gasteiger partial charge in [-0.2, -0.15) is 9.97 Å². The molecule has 0 aliphatic heterocycles. The van der Waals surface area contributed by atoms with Gasteiger partial charge in [-0.15, -0.1) is 0 Å². The van der Waals surface area contributed by atoms with Crippen molar-refractivity contribution >= 4 is 76.3 Å². The van der Waals surface area contributed by atoms with Gasteiger partial charge in [0.1, 0.15) is 5.52 Å². The monoisotopic (exact) mass is 932 g/mol. The molecule has 0 aliphatic carbocycles. The number of hydrogen-bond donors (Lipinski definition) is 0. The Hall–Kier alpha value is -9.98. The standard InChI is InChI=1S/C66H40N6O/c1-4-19-41(20-5-1)58-48-27-10-12-29-50(48)59(51-30-13-11-28-49(51)58)42-35-37-43(38-36-42)63-68-64(54-31-18-32-55-62(54)73-65(67-55)44-21-6-2-7-22-44)70-66(69-63)72-57-34-17-15-26-47(57)53-40-39-52-46-25-14-16-33-56(46)71(60(52)61(53)72)45-23-8-3-9-24-45/h1-40H. The fourth-order valence-corrected chi connectivity index (χ4v) is 11.2. The predicted octanol–water partition coefficient (Wildman–Crippen LogP) is 16.8. The van der Waals surface area contributed by atoms with E-state index in [1.165, 1.54) is 43.6 Å². The lowest BCUT2D eigenvalue weighted by atomic mass is 9.86. The van der Waals surface area contributed by atoms with Gasteiger partial charge >= 0.3 is 0 Å². The van der Waals surface area contributed by atoms with Gasteiger partial charge < -0.3 is 8.98 Å². The summed E-state index contributed by atoms with van der Waals surface area (Å²) in [5.74, 6) is 2.02. The second-order valence-electron chi connectivity index (χ2n) is 18.5. The van der Waals surface area contributed by atoms with Crippen LogP contribution < -0.4 is 0 Å². The van der Waals surface area contributed by atoms with Crippen LogP contribution in [0.15, 0.2) is 247 Å². The van der Waals surface area contributed by atoms with Gasteiger partial charge in [0.15, 0.2) is 17.2 Å². The highest BCUT2D eigenvalue weighted by Gasteiger charge is 2.25. The fourth-order valence-electron chi connectivity index (χ4n) is 11.2.